The maximum absolute atomic E-state index is 13.5. The van der Waals surface area contributed by atoms with Crippen LogP contribution in [0.4, 0.5) is 4.39 Å². The van der Waals surface area contributed by atoms with Crippen LogP contribution in [0.15, 0.2) is 53.4 Å². The number of tetrazole rings is 1. The standard InChI is InChI=1S/C18H18ClFN6O2S/c19-14-4-6-17(7-5-14)29(27,28)25-10-8-24(9-11-25)13-18-21-22-23-26(18)16-3-1-2-15(20)12-16/h1-7,12H,8-11,13H2. The average Bonchev–Trinajstić information content (AvgIpc) is 3.17. The predicted molar refractivity (Wildman–Crippen MR) is 105 cm³/mol. The molecule has 0 radical (unpaired) electrons. The lowest BCUT2D eigenvalue weighted by Crippen LogP contribution is -2.48. The van der Waals surface area contributed by atoms with Crippen molar-refractivity contribution in [3.8, 4) is 5.69 Å². The summed E-state index contributed by atoms with van der Waals surface area (Å²) in [6.07, 6.45) is 0. The number of nitrogens with zero attached hydrogens (tertiary/aromatic N) is 6. The molecule has 1 aliphatic rings. The summed E-state index contributed by atoms with van der Waals surface area (Å²) >= 11 is 5.85. The highest BCUT2D eigenvalue weighted by Gasteiger charge is 2.29. The topological polar surface area (TPSA) is 84.2 Å². The van der Waals surface area contributed by atoms with E-state index in [1.54, 1.807) is 24.3 Å². The second kappa shape index (κ2) is 8.15. The summed E-state index contributed by atoms with van der Waals surface area (Å²) < 4.78 is 42.0. The van der Waals surface area contributed by atoms with Crippen molar-refractivity contribution in [3.63, 3.8) is 0 Å². The molecule has 4 rings (SSSR count). The van der Waals surface area contributed by atoms with Crippen LogP contribution < -0.4 is 0 Å². The Morgan fingerprint density at radius 3 is 2.45 bits per heavy atom. The van der Waals surface area contributed by atoms with E-state index >= 15 is 0 Å². The van der Waals surface area contributed by atoms with E-state index in [-0.39, 0.29) is 10.7 Å². The third-order valence-electron chi connectivity index (χ3n) is 4.73. The summed E-state index contributed by atoms with van der Waals surface area (Å²) in [4.78, 5) is 2.29. The molecule has 3 aromatic rings. The molecule has 0 amide bonds. The first-order valence-electron chi connectivity index (χ1n) is 8.95. The lowest BCUT2D eigenvalue weighted by atomic mass is 10.3. The van der Waals surface area contributed by atoms with Crippen molar-refractivity contribution in [3.05, 3.63) is 65.2 Å². The van der Waals surface area contributed by atoms with E-state index in [9.17, 15) is 12.8 Å². The molecule has 1 fully saturated rings. The molecule has 0 N–H and O–H groups in total. The van der Waals surface area contributed by atoms with Crippen molar-refractivity contribution < 1.29 is 12.8 Å². The van der Waals surface area contributed by atoms with Gasteiger partial charge in [-0.25, -0.2) is 12.8 Å². The minimum absolute atomic E-state index is 0.227. The van der Waals surface area contributed by atoms with E-state index in [0.29, 0.717) is 49.3 Å². The van der Waals surface area contributed by atoms with Gasteiger partial charge in [-0.15, -0.1) is 5.10 Å². The number of benzene rings is 2. The largest absolute Gasteiger partial charge is 0.293 e. The van der Waals surface area contributed by atoms with E-state index in [1.807, 2.05) is 0 Å². The zero-order valence-corrected chi connectivity index (χ0v) is 16.9. The quantitative estimate of drug-likeness (QED) is 0.608. The molecule has 0 saturated carbocycles. The molecule has 1 saturated heterocycles. The number of rotatable bonds is 5. The highest BCUT2D eigenvalue weighted by atomic mass is 35.5. The predicted octanol–water partition coefficient (Wildman–Crippen LogP) is 1.96. The highest BCUT2D eigenvalue weighted by molar-refractivity contribution is 7.89. The molecule has 1 aliphatic heterocycles. The van der Waals surface area contributed by atoms with Gasteiger partial charge >= 0.3 is 0 Å². The summed E-state index contributed by atoms with van der Waals surface area (Å²) in [7, 11) is -3.56. The Hall–Kier alpha value is -2.40. The Labute approximate surface area is 172 Å². The number of sulfonamides is 1. The normalized spacial score (nSPS) is 16.2. The monoisotopic (exact) mass is 436 g/mol. The Kier molecular flexibility index (Phi) is 5.59. The van der Waals surface area contributed by atoms with E-state index in [4.69, 9.17) is 11.6 Å². The summed E-state index contributed by atoms with van der Waals surface area (Å²) in [5, 5.41) is 12.2. The Morgan fingerprint density at radius 2 is 1.76 bits per heavy atom. The molecule has 2 aromatic carbocycles. The third kappa shape index (κ3) is 4.30. The minimum atomic E-state index is -3.56. The number of piperazine rings is 1. The fourth-order valence-electron chi connectivity index (χ4n) is 3.20. The first-order chi connectivity index (χ1) is 13.9. The zero-order chi connectivity index (χ0) is 20.4. The van der Waals surface area contributed by atoms with Gasteiger partial charge in [0, 0.05) is 31.2 Å². The number of halogens is 2. The molecule has 29 heavy (non-hydrogen) atoms. The maximum atomic E-state index is 13.5. The smallest absolute Gasteiger partial charge is 0.243 e. The SMILES string of the molecule is O=S(=O)(c1ccc(Cl)cc1)N1CCN(Cc2nnnn2-c2cccc(F)c2)CC1. The van der Waals surface area contributed by atoms with Gasteiger partial charge in [0.1, 0.15) is 5.82 Å². The fraction of sp³-hybridized carbons (Fsp3) is 0.278. The van der Waals surface area contributed by atoms with Gasteiger partial charge in [0.25, 0.3) is 0 Å². The van der Waals surface area contributed by atoms with Gasteiger partial charge in [0.05, 0.1) is 17.1 Å². The van der Waals surface area contributed by atoms with Gasteiger partial charge < -0.3 is 0 Å². The van der Waals surface area contributed by atoms with Crippen LogP contribution >= 0.6 is 11.6 Å². The van der Waals surface area contributed by atoms with Gasteiger partial charge in [-0.1, -0.05) is 17.7 Å². The molecular formula is C18H18ClFN6O2S. The second-order valence-electron chi connectivity index (χ2n) is 6.62. The lowest BCUT2D eigenvalue weighted by Gasteiger charge is -2.33. The van der Waals surface area contributed by atoms with Gasteiger partial charge in [-0.05, 0) is 52.9 Å². The van der Waals surface area contributed by atoms with Crippen molar-refractivity contribution >= 4 is 21.6 Å². The summed E-state index contributed by atoms with van der Waals surface area (Å²) in [5.74, 6) is 0.189. The minimum Gasteiger partial charge on any atom is -0.293 e. The molecule has 0 aliphatic carbocycles. The van der Waals surface area contributed by atoms with Crippen LogP contribution in [-0.4, -0.2) is 64.0 Å². The van der Waals surface area contributed by atoms with Crippen LogP contribution in [0, 0.1) is 5.82 Å². The van der Waals surface area contributed by atoms with Gasteiger partial charge in [-0.2, -0.15) is 8.99 Å². The van der Waals surface area contributed by atoms with Crippen molar-refractivity contribution in [2.24, 2.45) is 0 Å². The Morgan fingerprint density at radius 1 is 1.03 bits per heavy atom. The molecule has 2 heterocycles. The lowest BCUT2D eigenvalue weighted by molar-refractivity contribution is 0.177. The van der Waals surface area contributed by atoms with E-state index in [0.717, 1.165) is 0 Å². The van der Waals surface area contributed by atoms with Crippen LogP contribution in [0.1, 0.15) is 5.82 Å². The molecule has 0 unspecified atom stereocenters. The van der Waals surface area contributed by atoms with Gasteiger partial charge in [0.15, 0.2) is 5.82 Å². The third-order valence-corrected chi connectivity index (χ3v) is 6.90. The van der Waals surface area contributed by atoms with Gasteiger partial charge in [-0.3, -0.25) is 4.90 Å². The Balaban J connectivity index is 1.42. The van der Waals surface area contributed by atoms with Crippen molar-refractivity contribution in [1.82, 2.24) is 29.4 Å². The van der Waals surface area contributed by atoms with Crippen molar-refractivity contribution in [2.45, 2.75) is 11.4 Å². The summed E-state index contributed by atoms with van der Waals surface area (Å²) in [5.41, 5.74) is 0.536. The second-order valence-corrected chi connectivity index (χ2v) is 9.00. The highest BCUT2D eigenvalue weighted by Crippen LogP contribution is 2.20. The molecule has 0 spiro atoms. The first kappa shape index (κ1) is 19.9. The zero-order valence-electron chi connectivity index (χ0n) is 15.3. The van der Waals surface area contributed by atoms with Crippen LogP contribution in [0.3, 0.4) is 0 Å². The van der Waals surface area contributed by atoms with Crippen LogP contribution in [-0.2, 0) is 16.6 Å². The molecule has 152 valence electrons. The number of aromatic nitrogens is 4. The van der Waals surface area contributed by atoms with Crippen LogP contribution in [0.2, 0.25) is 5.02 Å². The fourth-order valence-corrected chi connectivity index (χ4v) is 4.74. The molecular weight excluding hydrogens is 419 g/mol. The van der Waals surface area contributed by atoms with Crippen molar-refractivity contribution in [2.75, 3.05) is 26.2 Å². The molecule has 1 aromatic heterocycles. The molecule has 0 atom stereocenters. The van der Waals surface area contributed by atoms with Gasteiger partial charge in [0.2, 0.25) is 10.0 Å². The van der Waals surface area contributed by atoms with Crippen molar-refractivity contribution in [1.29, 1.82) is 0 Å². The van der Waals surface area contributed by atoms with Crippen LogP contribution in [0.5, 0.6) is 0 Å². The maximum Gasteiger partial charge on any atom is 0.243 e. The molecule has 11 heteroatoms. The van der Waals surface area contributed by atoms with E-state index in [1.165, 1.54) is 33.3 Å². The number of hydrogen-bond donors (Lipinski definition) is 0. The molecule has 8 nitrogen and oxygen atoms in total. The van der Waals surface area contributed by atoms with E-state index in [2.05, 4.69) is 20.4 Å². The van der Waals surface area contributed by atoms with E-state index < -0.39 is 10.0 Å². The average molecular weight is 437 g/mol. The van der Waals surface area contributed by atoms with Crippen LogP contribution in [0.25, 0.3) is 5.69 Å². The number of hydrogen-bond acceptors (Lipinski definition) is 6. The Bertz CT molecular complexity index is 1100. The first-order valence-corrected chi connectivity index (χ1v) is 10.8. The molecule has 0 bridgehead atoms. The summed E-state index contributed by atoms with van der Waals surface area (Å²) in [6, 6.07) is 12.2. The summed E-state index contributed by atoms with van der Waals surface area (Å²) in [6.45, 7) is 2.20.